The van der Waals surface area contributed by atoms with E-state index < -0.39 is 4.92 Å². The average molecular weight is 194 g/mol. The second-order valence-corrected chi connectivity index (χ2v) is 2.72. The molecule has 0 unspecified atom stereocenters. The number of rotatable bonds is 2. The van der Waals surface area contributed by atoms with E-state index in [9.17, 15) is 10.1 Å². The van der Waals surface area contributed by atoms with Crippen LogP contribution in [0.2, 0.25) is 0 Å². The molecule has 1 aromatic rings. The number of non-ortho nitro benzene ring substituents is 1. The molecule has 74 valence electrons. The van der Waals surface area contributed by atoms with Gasteiger partial charge in [-0.25, -0.2) is 0 Å². The molecule has 0 saturated heterocycles. The van der Waals surface area contributed by atoms with Crippen LogP contribution in [0.1, 0.15) is 0 Å². The molecule has 6 heteroatoms. The van der Waals surface area contributed by atoms with Crippen LogP contribution in [-0.2, 0) is 0 Å². The number of guanidine groups is 1. The first-order valence-electron chi connectivity index (χ1n) is 3.84. The van der Waals surface area contributed by atoms with Crippen LogP contribution in [0.4, 0.5) is 11.4 Å². The zero-order valence-corrected chi connectivity index (χ0v) is 7.60. The van der Waals surface area contributed by atoms with Gasteiger partial charge in [0.05, 0.1) is 10.6 Å². The summed E-state index contributed by atoms with van der Waals surface area (Å²) in [5, 5.41) is 17.6. The molecular formula is C8H10N4O2. The van der Waals surface area contributed by atoms with Crippen molar-refractivity contribution >= 4 is 17.3 Å². The molecule has 0 saturated carbocycles. The molecule has 0 bridgehead atoms. The Morgan fingerprint density at radius 2 is 2.29 bits per heavy atom. The minimum atomic E-state index is -0.489. The van der Waals surface area contributed by atoms with E-state index in [1.165, 1.54) is 17.0 Å². The molecule has 0 heterocycles. The second-order valence-electron chi connectivity index (χ2n) is 2.72. The number of nitrogens with zero attached hydrogens (tertiary/aromatic N) is 2. The summed E-state index contributed by atoms with van der Waals surface area (Å²) in [7, 11) is 1.57. The number of nitrogens with one attached hydrogen (secondary N) is 1. The maximum absolute atomic E-state index is 10.4. The molecule has 0 spiro atoms. The fraction of sp³-hybridized carbons (Fsp3) is 0.125. The number of nitrogens with two attached hydrogens (primary N) is 1. The van der Waals surface area contributed by atoms with Crippen molar-refractivity contribution in [2.24, 2.45) is 5.73 Å². The zero-order chi connectivity index (χ0) is 10.7. The standard InChI is InChI=1S/C8H10N4O2/c1-11(8(9)10)6-3-2-4-7(5-6)12(13)14/h2-5H,1H3,(H3,9,10). The van der Waals surface area contributed by atoms with E-state index in [4.69, 9.17) is 11.1 Å². The lowest BCUT2D eigenvalue weighted by molar-refractivity contribution is -0.384. The SMILES string of the molecule is CN(C(=N)N)c1cccc([N+](=O)[O-])c1. The van der Waals surface area contributed by atoms with Gasteiger partial charge in [-0.3, -0.25) is 15.5 Å². The third-order valence-electron chi connectivity index (χ3n) is 1.79. The van der Waals surface area contributed by atoms with Crippen LogP contribution < -0.4 is 10.6 Å². The van der Waals surface area contributed by atoms with E-state index in [0.717, 1.165) is 0 Å². The van der Waals surface area contributed by atoms with Gasteiger partial charge in [-0.05, 0) is 6.07 Å². The molecule has 0 amide bonds. The van der Waals surface area contributed by atoms with Crippen LogP contribution in [0, 0.1) is 15.5 Å². The van der Waals surface area contributed by atoms with E-state index in [1.807, 2.05) is 0 Å². The Labute approximate surface area is 80.6 Å². The maximum atomic E-state index is 10.4. The molecule has 3 N–H and O–H groups in total. The highest BCUT2D eigenvalue weighted by molar-refractivity contribution is 5.92. The van der Waals surface area contributed by atoms with Gasteiger partial charge >= 0.3 is 0 Å². The van der Waals surface area contributed by atoms with Crippen LogP contribution in [-0.4, -0.2) is 17.9 Å². The van der Waals surface area contributed by atoms with Crippen molar-refractivity contribution < 1.29 is 4.92 Å². The van der Waals surface area contributed by atoms with Gasteiger partial charge in [0.2, 0.25) is 0 Å². The minimum Gasteiger partial charge on any atom is -0.370 e. The molecular weight excluding hydrogens is 184 g/mol. The lowest BCUT2D eigenvalue weighted by atomic mass is 10.2. The zero-order valence-electron chi connectivity index (χ0n) is 7.60. The van der Waals surface area contributed by atoms with Crippen LogP contribution in [0.15, 0.2) is 24.3 Å². The van der Waals surface area contributed by atoms with E-state index in [2.05, 4.69) is 0 Å². The Hall–Kier alpha value is -2.11. The van der Waals surface area contributed by atoms with Gasteiger partial charge < -0.3 is 10.6 Å². The highest BCUT2D eigenvalue weighted by atomic mass is 16.6. The van der Waals surface area contributed by atoms with Gasteiger partial charge in [-0.15, -0.1) is 0 Å². The van der Waals surface area contributed by atoms with Crippen LogP contribution >= 0.6 is 0 Å². The third-order valence-corrected chi connectivity index (χ3v) is 1.79. The summed E-state index contributed by atoms with van der Waals surface area (Å²) in [4.78, 5) is 11.3. The second kappa shape index (κ2) is 3.73. The molecule has 0 fully saturated rings. The normalized spacial score (nSPS) is 9.50. The van der Waals surface area contributed by atoms with E-state index >= 15 is 0 Å². The summed E-state index contributed by atoms with van der Waals surface area (Å²) < 4.78 is 0. The van der Waals surface area contributed by atoms with Crippen molar-refractivity contribution in [2.75, 3.05) is 11.9 Å². The first kappa shape index (κ1) is 9.97. The minimum absolute atomic E-state index is 0.0180. The van der Waals surface area contributed by atoms with Gasteiger partial charge in [-0.1, -0.05) is 6.07 Å². The van der Waals surface area contributed by atoms with Gasteiger partial charge in [-0.2, -0.15) is 0 Å². The van der Waals surface area contributed by atoms with Crippen molar-refractivity contribution in [3.8, 4) is 0 Å². The predicted molar refractivity (Wildman–Crippen MR) is 53.4 cm³/mol. The smallest absolute Gasteiger partial charge is 0.271 e. The fourth-order valence-corrected chi connectivity index (χ4v) is 0.954. The average Bonchev–Trinajstić information content (AvgIpc) is 2.16. The first-order chi connectivity index (χ1) is 6.52. The summed E-state index contributed by atoms with van der Waals surface area (Å²) in [6.07, 6.45) is 0. The molecule has 0 aliphatic heterocycles. The summed E-state index contributed by atoms with van der Waals surface area (Å²) in [5.41, 5.74) is 5.74. The summed E-state index contributed by atoms with van der Waals surface area (Å²) in [6.45, 7) is 0. The molecule has 0 aliphatic rings. The number of benzene rings is 1. The van der Waals surface area contributed by atoms with Gasteiger partial charge in [0.15, 0.2) is 5.96 Å². The molecule has 0 atom stereocenters. The fourth-order valence-electron chi connectivity index (χ4n) is 0.954. The molecule has 1 rings (SSSR count). The highest BCUT2D eigenvalue weighted by Crippen LogP contribution is 2.19. The number of nitro benzene ring substituents is 1. The van der Waals surface area contributed by atoms with Crippen LogP contribution in [0.5, 0.6) is 0 Å². The predicted octanol–water partition coefficient (Wildman–Crippen LogP) is 0.924. The largest absolute Gasteiger partial charge is 0.370 e. The molecule has 6 nitrogen and oxygen atoms in total. The molecule has 1 aromatic carbocycles. The number of hydrogen-bond acceptors (Lipinski definition) is 3. The van der Waals surface area contributed by atoms with Crippen molar-refractivity contribution in [1.29, 1.82) is 5.41 Å². The van der Waals surface area contributed by atoms with Crippen LogP contribution in [0.25, 0.3) is 0 Å². The monoisotopic (exact) mass is 194 g/mol. The molecule has 0 aliphatic carbocycles. The third kappa shape index (κ3) is 1.98. The Kier molecular flexibility index (Phi) is 2.66. The highest BCUT2D eigenvalue weighted by Gasteiger charge is 2.09. The Morgan fingerprint density at radius 1 is 1.64 bits per heavy atom. The summed E-state index contributed by atoms with van der Waals surface area (Å²) in [5.74, 6) is -0.162. The lowest BCUT2D eigenvalue weighted by Crippen LogP contribution is -2.32. The topological polar surface area (TPSA) is 96.2 Å². The van der Waals surface area contributed by atoms with Crippen molar-refractivity contribution in [2.45, 2.75) is 0 Å². The van der Waals surface area contributed by atoms with Crippen LogP contribution in [0.3, 0.4) is 0 Å². The number of nitro groups is 1. The number of anilines is 1. The van der Waals surface area contributed by atoms with E-state index in [1.54, 1.807) is 19.2 Å². The molecule has 0 radical (unpaired) electrons. The van der Waals surface area contributed by atoms with E-state index in [0.29, 0.717) is 5.69 Å². The lowest BCUT2D eigenvalue weighted by Gasteiger charge is -2.15. The van der Waals surface area contributed by atoms with Gasteiger partial charge in [0.1, 0.15) is 0 Å². The maximum Gasteiger partial charge on any atom is 0.271 e. The van der Waals surface area contributed by atoms with Gasteiger partial charge in [0, 0.05) is 19.2 Å². The number of hydrogen-bond donors (Lipinski definition) is 2. The Morgan fingerprint density at radius 3 is 2.79 bits per heavy atom. The summed E-state index contributed by atoms with van der Waals surface area (Å²) >= 11 is 0. The Balaban J connectivity index is 3.05. The quantitative estimate of drug-likeness (QED) is 0.316. The molecule has 14 heavy (non-hydrogen) atoms. The van der Waals surface area contributed by atoms with Crippen molar-refractivity contribution in [1.82, 2.24) is 0 Å². The van der Waals surface area contributed by atoms with Crippen molar-refractivity contribution in [3.63, 3.8) is 0 Å². The Bertz CT molecular complexity index is 377. The van der Waals surface area contributed by atoms with Gasteiger partial charge in [0.25, 0.3) is 5.69 Å². The summed E-state index contributed by atoms with van der Waals surface area (Å²) in [6, 6.07) is 5.94. The van der Waals surface area contributed by atoms with Crippen molar-refractivity contribution in [3.05, 3.63) is 34.4 Å². The van der Waals surface area contributed by atoms with E-state index in [-0.39, 0.29) is 11.6 Å². The first-order valence-corrected chi connectivity index (χ1v) is 3.84. The molecule has 0 aromatic heterocycles.